The Bertz CT molecular complexity index is 858. The largest absolute Gasteiger partial charge is 0.378 e. The van der Waals surface area contributed by atoms with Gasteiger partial charge in [-0.15, -0.1) is 0 Å². The zero-order valence-corrected chi connectivity index (χ0v) is 15.3. The summed E-state index contributed by atoms with van der Waals surface area (Å²) in [4.78, 5) is 17.9. The minimum atomic E-state index is 0.410. The third-order valence-electron chi connectivity index (χ3n) is 4.17. The molecule has 0 aromatic carbocycles. The predicted octanol–water partition coefficient (Wildman–Crippen LogP) is 3.30. The molecule has 26 heavy (non-hydrogen) atoms. The monoisotopic (exact) mass is 352 g/mol. The SMILES string of the molecule is C\C=C/C(=C\C=C\CC)c1cc2nc(C=O)cc(N3CCOCC3)n2n1. The van der Waals surface area contributed by atoms with Gasteiger partial charge in [0, 0.05) is 30.8 Å². The Kier molecular flexibility index (Phi) is 5.96. The average Bonchev–Trinajstić information content (AvgIpc) is 3.11. The molecule has 0 spiro atoms. The van der Waals surface area contributed by atoms with Crippen molar-refractivity contribution in [3.63, 3.8) is 0 Å². The van der Waals surface area contributed by atoms with Crippen LogP contribution in [0, 0.1) is 0 Å². The maximum absolute atomic E-state index is 11.3. The van der Waals surface area contributed by atoms with E-state index in [0.717, 1.165) is 42.9 Å². The van der Waals surface area contributed by atoms with Gasteiger partial charge in [-0.3, -0.25) is 4.79 Å². The average molecular weight is 352 g/mol. The topological polar surface area (TPSA) is 59.7 Å². The first-order chi connectivity index (χ1) is 12.8. The highest BCUT2D eigenvalue weighted by molar-refractivity contribution is 5.78. The van der Waals surface area contributed by atoms with Gasteiger partial charge in [-0.1, -0.05) is 37.3 Å². The van der Waals surface area contributed by atoms with Gasteiger partial charge in [0.05, 0.1) is 18.9 Å². The Morgan fingerprint density at radius 3 is 2.81 bits per heavy atom. The molecule has 1 aliphatic rings. The van der Waals surface area contributed by atoms with Crippen LogP contribution in [0.2, 0.25) is 0 Å². The second kappa shape index (κ2) is 8.58. The third kappa shape index (κ3) is 3.91. The van der Waals surface area contributed by atoms with Crippen molar-refractivity contribution < 1.29 is 9.53 Å². The first kappa shape index (κ1) is 18.1. The minimum Gasteiger partial charge on any atom is -0.378 e. The van der Waals surface area contributed by atoms with Gasteiger partial charge in [0.25, 0.3) is 0 Å². The summed E-state index contributed by atoms with van der Waals surface area (Å²) in [6.45, 7) is 6.95. The zero-order valence-electron chi connectivity index (χ0n) is 15.3. The summed E-state index contributed by atoms with van der Waals surface area (Å²) >= 11 is 0. The maximum Gasteiger partial charge on any atom is 0.168 e. The highest BCUT2D eigenvalue weighted by atomic mass is 16.5. The van der Waals surface area contributed by atoms with Gasteiger partial charge in [0.1, 0.15) is 11.5 Å². The highest BCUT2D eigenvalue weighted by Crippen LogP contribution is 2.22. The van der Waals surface area contributed by atoms with Crippen LogP contribution in [0.3, 0.4) is 0 Å². The summed E-state index contributed by atoms with van der Waals surface area (Å²) in [7, 11) is 0. The van der Waals surface area contributed by atoms with Gasteiger partial charge >= 0.3 is 0 Å². The second-order valence-corrected chi connectivity index (χ2v) is 6.01. The van der Waals surface area contributed by atoms with Crippen LogP contribution in [0.25, 0.3) is 11.2 Å². The van der Waals surface area contributed by atoms with Crippen LogP contribution < -0.4 is 4.90 Å². The molecule has 2 aromatic heterocycles. The lowest BCUT2D eigenvalue weighted by Gasteiger charge is -2.28. The second-order valence-electron chi connectivity index (χ2n) is 6.01. The van der Waals surface area contributed by atoms with Gasteiger partial charge in [-0.2, -0.15) is 9.61 Å². The molecule has 0 unspecified atom stereocenters. The van der Waals surface area contributed by atoms with Crippen LogP contribution in [0.4, 0.5) is 5.82 Å². The summed E-state index contributed by atoms with van der Waals surface area (Å²) in [5.41, 5.74) is 2.91. The number of rotatable bonds is 6. The third-order valence-corrected chi connectivity index (χ3v) is 4.17. The number of anilines is 1. The maximum atomic E-state index is 11.3. The van der Waals surface area contributed by atoms with E-state index in [1.54, 1.807) is 6.07 Å². The van der Waals surface area contributed by atoms with Crippen molar-refractivity contribution in [2.45, 2.75) is 20.3 Å². The Labute approximate surface area is 153 Å². The quantitative estimate of drug-likeness (QED) is 0.590. The summed E-state index contributed by atoms with van der Waals surface area (Å²) in [6.07, 6.45) is 12.0. The first-order valence-corrected chi connectivity index (χ1v) is 8.95. The van der Waals surface area contributed by atoms with Crippen molar-refractivity contribution in [2.75, 3.05) is 31.2 Å². The first-order valence-electron chi connectivity index (χ1n) is 8.95. The number of aldehydes is 1. The van der Waals surface area contributed by atoms with Crippen LogP contribution >= 0.6 is 0 Å². The molecule has 6 nitrogen and oxygen atoms in total. The molecule has 3 rings (SSSR count). The predicted molar refractivity (Wildman–Crippen MR) is 104 cm³/mol. The standard InChI is InChI=1S/C20H24N4O2/c1-3-5-6-8-16(7-4-2)18-14-19-21-17(15-25)13-20(24(19)22-18)23-9-11-26-12-10-23/h4-8,13-15H,3,9-12H2,1-2H3/b6-5+,7-4-,16-8+. The van der Waals surface area contributed by atoms with E-state index in [9.17, 15) is 4.79 Å². The van der Waals surface area contributed by atoms with Crippen LogP contribution in [0.5, 0.6) is 0 Å². The minimum absolute atomic E-state index is 0.410. The molecule has 0 radical (unpaired) electrons. The molecule has 0 aliphatic carbocycles. The summed E-state index contributed by atoms with van der Waals surface area (Å²) in [5.74, 6) is 0.871. The number of carbonyl (C=O) groups is 1. The molecule has 0 N–H and O–H groups in total. The van der Waals surface area contributed by atoms with Gasteiger partial charge in [-0.05, 0) is 13.3 Å². The van der Waals surface area contributed by atoms with Crippen molar-refractivity contribution in [1.82, 2.24) is 14.6 Å². The number of aromatic nitrogens is 3. The molecule has 0 saturated carbocycles. The van der Waals surface area contributed by atoms with Crippen molar-refractivity contribution in [2.24, 2.45) is 0 Å². The summed E-state index contributed by atoms with van der Waals surface area (Å²) < 4.78 is 7.25. The molecular weight excluding hydrogens is 328 g/mol. The van der Waals surface area contributed by atoms with E-state index in [2.05, 4.69) is 22.9 Å². The Balaban J connectivity index is 2.10. The van der Waals surface area contributed by atoms with E-state index in [0.29, 0.717) is 24.6 Å². The molecule has 1 aliphatic heterocycles. The van der Waals surface area contributed by atoms with E-state index in [-0.39, 0.29) is 0 Å². The van der Waals surface area contributed by atoms with Gasteiger partial charge in [0.15, 0.2) is 11.9 Å². The van der Waals surface area contributed by atoms with Crippen LogP contribution in [-0.4, -0.2) is 47.2 Å². The van der Waals surface area contributed by atoms with Crippen LogP contribution in [-0.2, 0) is 4.74 Å². The van der Waals surface area contributed by atoms with Gasteiger partial charge in [0.2, 0.25) is 0 Å². The van der Waals surface area contributed by atoms with Crippen molar-refractivity contribution in [3.05, 3.63) is 53.9 Å². The molecule has 2 aromatic rings. The molecule has 0 amide bonds. The van der Waals surface area contributed by atoms with Gasteiger partial charge < -0.3 is 9.64 Å². The number of hydrogen-bond donors (Lipinski definition) is 0. The molecule has 3 heterocycles. The fraction of sp³-hybridized carbons (Fsp3) is 0.350. The van der Waals surface area contributed by atoms with E-state index in [1.165, 1.54) is 0 Å². The van der Waals surface area contributed by atoms with E-state index >= 15 is 0 Å². The van der Waals surface area contributed by atoms with E-state index < -0.39 is 0 Å². The smallest absolute Gasteiger partial charge is 0.168 e. The van der Waals surface area contributed by atoms with Crippen molar-refractivity contribution in [1.29, 1.82) is 0 Å². The van der Waals surface area contributed by atoms with E-state index in [1.807, 2.05) is 41.8 Å². The van der Waals surface area contributed by atoms with E-state index in [4.69, 9.17) is 9.84 Å². The molecule has 0 atom stereocenters. The normalized spacial score (nSPS) is 16.2. The number of fused-ring (bicyclic) bond motifs is 1. The molecule has 0 bridgehead atoms. The molecule has 6 heteroatoms. The number of allylic oxidation sites excluding steroid dienone is 6. The molecule has 1 saturated heterocycles. The molecular formula is C20H24N4O2. The lowest BCUT2D eigenvalue weighted by molar-refractivity contribution is 0.111. The lowest BCUT2D eigenvalue weighted by Crippen LogP contribution is -2.37. The number of morpholine rings is 1. The van der Waals surface area contributed by atoms with Crippen molar-refractivity contribution in [3.8, 4) is 0 Å². The Hall–Kier alpha value is -2.73. The molecule has 136 valence electrons. The fourth-order valence-electron chi connectivity index (χ4n) is 2.91. The Morgan fingerprint density at radius 2 is 2.12 bits per heavy atom. The number of ether oxygens (including phenoxy) is 1. The number of nitrogens with zero attached hydrogens (tertiary/aromatic N) is 4. The summed E-state index contributed by atoms with van der Waals surface area (Å²) in [6, 6.07) is 3.71. The zero-order chi connectivity index (χ0) is 18.4. The number of hydrogen-bond acceptors (Lipinski definition) is 5. The Morgan fingerprint density at radius 1 is 1.31 bits per heavy atom. The van der Waals surface area contributed by atoms with Crippen LogP contribution in [0.1, 0.15) is 36.5 Å². The van der Waals surface area contributed by atoms with Crippen molar-refractivity contribution >= 4 is 23.3 Å². The van der Waals surface area contributed by atoms with Gasteiger partial charge in [-0.25, -0.2) is 4.98 Å². The lowest BCUT2D eigenvalue weighted by atomic mass is 10.1. The highest BCUT2D eigenvalue weighted by Gasteiger charge is 2.18. The molecule has 1 fully saturated rings. The fourth-order valence-corrected chi connectivity index (χ4v) is 2.91. The van der Waals surface area contributed by atoms with Crippen LogP contribution in [0.15, 0.2) is 42.5 Å². The summed E-state index contributed by atoms with van der Waals surface area (Å²) in [5, 5.41) is 4.76. The number of carbonyl (C=O) groups excluding carboxylic acids is 1.